The molecule has 0 amide bonds. The molecule has 1 aliphatic heterocycles. The molecule has 2 rings (SSSR count). The second-order valence-electron chi connectivity index (χ2n) is 5.04. The quantitative estimate of drug-likeness (QED) is 0.859. The van der Waals surface area contributed by atoms with Crippen LogP contribution in [0.1, 0.15) is 24.5 Å². The molecule has 0 radical (unpaired) electrons. The summed E-state index contributed by atoms with van der Waals surface area (Å²) in [6.07, 6.45) is 0.517. The van der Waals surface area contributed by atoms with Gasteiger partial charge in [-0.3, -0.25) is 0 Å². The van der Waals surface area contributed by atoms with Crippen molar-refractivity contribution in [1.82, 2.24) is 5.32 Å². The zero-order valence-corrected chi connectivity index (χ0v) is 10.9. The summed E-state index contributed by atoms with van der Waals surface area (Å²) >= 11 is 0. The van der Waals surface area contributed by atoms with Crippen molar-refractivity contribution in [3.8, 4) is 0 Å². The Balaban J connectivity index is 1.88. The molecule has 1 fully saturated rings. The van der Waals surface area contributed by atoms with E-state index < -0.39 is 5.60 Å². The number of rotatable bonds is 4. The molecule has 100 valence electrons. The molecule has 0 aromatic heterocycles. The molecule has 2 N–H and O–H groups in total. The van der Waals surface area contributed by atoms with Crippen molar-refractivity contribution in [2.75, 3.05) is 13.2 Å². The van der Waals surface area contributed by atoms with E-state index in [9.17, 15) is 9.50 Å². The van der Waals surface area contributed by atoms with Crippen LogP contribution in [0.3, 0.4) is 0 Å². The zero-order valence-electron chi connectivity index (χ0n) is 10.9. The lowest BCUT2D eigenvalue weighted by Gasteiger charge is -2.26. The first kappa shape index (κ1) is 13.5. The highest BCUT2D eigenvalue weighted by atomic mass is 19.1. The summed E-state index contributed by atoms with van der Waals surface area (Å²) in [5.41, 5.74) is 1.19. The number of nitrogens with one attached hydrogen (secondary N) is 1. The third kappa shape index (κ3) is 2.88. The average Bonchev–Trinajstić information content (AvgIpc) is 2.63. The first-order valence-electron chi connectivity index (χ1n) is 6.31. The van der Waals surface area contributed by atoms with E-state index in [-0.39, 0.29) is 11.9 Å². The largest absolute Gasteiger partial charge is 0.386 e. The SMILES string of the molecule is Cc1cc(F)ccc1CNCC1(O)CCOC1C. The summed E-state index contributed by atoms with van der Waals surface area (Å²) < 4.78 is 18.3. The van der Waals surface area contributed by atoms with Crippen LogP contribution in [0, 0.1) is 12.7 Å². The Morgan fingerprint density at radius 2 is 2.33 bits per heavy atom. The van der Waals surface area contributed by atoms with Gasteiger partial charge in [0, 0.05) is 26.1 Å². The van der Waals surface area contributed by atoms with Gasteiger partial charge in [-0.1, -0.05) is 6.07 Å². The number of aryl methyl sites for hydroxylation is 1. The molecular formula is C14H20FNO2. The molecular weight excluding hydrogens is 233 g/mol. The normalized spacial score (nSPS) is 27.7. The second-order valence-corrected chi connectivity index (χ2v) is 5.04. The topological polar surface area (TPSA) is 41.5 Å². The van der Waals surface area contributed by atoms with Crippen LogP contribution >= 0.6 is 0 Å². The molecule has 1 heterocycles. The summed E-state index contributed by atoms with van der Waals surface area (Å²) in [4.78, 5) is 0. The maximum absolute atomic E-state index is 13.0. The molecule has 0 saturated carbocycles. The fourth-order valence-corrected chi connectivity index (χ4v) is 2.27. The van der Waals surface area contributed by atoms with Gasteiger partial charge in [0.25, 0.3) is 0 Å². The first-order valence-corrected chi connectivity index (χ1v) is 6.31. The fraction of sp³-hybridized carbons (Fsp3) is 0.571. The van der Waals surface area contributed by atoms with Crippen LogP contribution in [-0.2, 0) is 11.3 Å². The molecule has 0 bridgehead atoms. The van der Waals surface area contributed by atoms with Gasteiger partial charge >= 0.3 is 0 Å². The number of ether oxygens (including phenoxy) is 1. The van der Waals surface area contributed by atoms with Gasteiger partial charge in [-0.25, -0.2) is 4.39 Å². The van der Waals surface area contributed by atoms with Crippen molar-refractivity contribution >= 4 is 0 Å². The molecule has 0 spiro atoms. The molecule has 0 aliphatic carbocycles. The van der Waals surface area contributed by atoms with E-state index in [1.165, 1.54) is 12.1 Å². The van der Waals surface area contributed by atoms with Crippen LogP contribution in [0.15, 0.2) is 18.2 Å². The maximum Gasteiger partial charge on any atom is 0.123 e. The van der Waals surface area contributed by atoms with Crippen molar-refractivity contribution in [3.05, 3.63) is 35.1 Å². The minimum Gasteiger partial charge on any atom is -0.386 e. The van der Waals surface area contributed by atoms with E-state index in [1.807, 2.05) is 13.8 Å². The van der Waals surface area contributed by atoms with Crippen molar-refractivity contribution in [2.24, 2.45) is 0 Å². The smallest absolute Gasteiger partial charge is 0.123 e. The average molecular weight is 253 g/mol. The van der Waals surface area contributed by atoms with Crippen LogP contribution in [0.2, 0.25) is 0 Å². The van der Waals surface area contributed by atoms with Gasteiger partial charge < -0.3 is 15.2 Å². The molecule has 1 aromatic rings. The van der Waals surface area contributed by atoms with E-state index >= 15 is 0 Å². The summed E-state index contributed by atoms with van der Waals surface area (Å²) in [7, 11) is 0. The Kier molecular flexibility index (Phi) is 4.00. The van der Waals surface area contributed by atoms with E-state index in [0.29, 0.717) is 26.1 Å². The van der Waals surface area contributed by atoms with Crippen molar-refractivity contribution in [3.63, 3.8) is 0 Å². The van der Waals surface area contributed by atoms with Gasteiger partial charge in [0.1, 0.15) is 11.4 Å². The van der Waals surface area contributed by atoms with E-state index in [2.05, 4.69) is 5.32 Å². The predicted molar refractivity (Wildman–Crippen MR) is 67.8 cm³/mol. The van der Waals surface area contributed by atoms with Crippen molar-refractivity contribution < 1.29 is 14.2 Å². The lowest BCUT2D eigenvalue weighted by Crippen LogP contribution is -2.45. The minimum absolute atomic E-state index is 0.140. The third-order valence-corrected chi connectivity index (χ3v) is 3.71. The highest BCUT2D eigenvalue weighted by molar-refractivity contribution is 5.26. The Morgan fingerprint density at radius 3 is 2.94 bits per heavy atom. The highest BCUT2D eigenvalue weighted by Gasteiger charge is 2.38. The summed E-state index contributed by atoms with van der Waals surface area (Å²) in [5, 5.41) is 13.5. The molecule has 1 aliphatic rings. The predicted octanol–water partition coefficient (Wildman–Crippen LogP) is 1.76. The molecule has 18 heavy (non-hydrogen) atoms. The Morgan fingerprint density at radius 1 is 1.56 bits per heavy atom. The Labute approximate surface area is 107 Å². The van der Waals surface area contributed by atoms with Crippen LogP contribution in [0.5, 0.6) is 0 Å². The molecule has 4 heteroatoms. The number of hydrogen-bond donors (Lipinski definition) is 2. The molecule has 2 atom stereocenters. The number of benzene rings is 1. The van der Waals surface area contributed by atoms with Gasteiger partial charge in [0.05, 0.1) is 6.10 Å². The lowest BCUT2D eigenvalue weighted by atomic mass is 9.96. The molecule has 1 aromatic carbocycles. The number of aliphatic hydroxyl groups is 1. The van der Waals surface area contributed by atoms with Crippen LogP contribution in [0.25, 0.3) is 0 Å². The maximum atomic E-state index is 13.0. The van der Waals surface area contributed by atoms with Crippen LogP contribution < -0.4 is 5.32 Å². The third-order valence-electron chi connectivity index (χ3n) is 3.71. The lowest BCUT2D eigenvalue weighted by molar-refractivity contribution is -0.0263. The fourth-order valence-electron chi connectivity index (χ4n) is 2.27. The summed E-state index contributed by atoms with van der Waals surface area (Å²) in [5.74, 6) is -0.215. The van der Waals surface area contributed by atoms with Gasteiger partial charge in [0.15, 0.2) is 0 Å². The zero-order chi connectivity index (χ0) is 13.2. The van der Waals surface area contributed by atoms with E-state index in [4.69, 9.17) is 4.74 Å². The van der Waals surface area contributed by atoms with Crippen molar-refractivity contribution in [1.29, 1.82) is 0 Å². The molecule has 3 nitrogen and oxygen atoms in total. The van der Waals surface area contributed by atoms with Gasteiger partial charge in [-0.2, -0.15) is 0 Å². The van der Waals surface area contributed by atoms with Gasteiger partial charge in [0.2, 0.25) is 0 Å². The van der Waals surface area contributed by atoms with Crippen LogP contribution in [0.4, 0.5) is 4.39 Å². The van der Waals surface area contributed by atoms with Crippen molar-refractivity contribution in [2.45, 2.75) is 38.5 Å². The van der Waals surface area contributed by atoms with E-state index in [0.717, 1.165) is 11.1 Å². The number of halogens is 1. The molecule has 2 unspecified atom stereocenters. The molecule has 1 saturated heterocycles. The van der Waals surface area contributed by atoms with Gasteiger partial charge in [-0.15, -0.1) is 0 Å². The second kappa shape index (κ2) is 5.34. The summed E-state index contributed by atoms with van der Waals surface area (Å²) in [6, 6.07) is 4.75. The minimum atomic E-state index is -0.784. The first-order chi connectivity index (χ1) is 8.51. The Bertz CT molecular complexity index is 424. The Hall–Kier alpha value is -0.970. The van der Waals surface area contributed by atoms with Gasteiger partial charge in [-0.05, 0) is 37.1 Å². The standard InChI is InChI=1S/C14H20FNO2/c1-10-7-13(15)4-3-12(10)8-16-9-14(17)5-6-18-11(14)2/h3-4,7,11,16-17H,5-6,8-9H2,1-2H3. The summed E-state index contributed by atoms with van der Waals surface area (Å²) in [6.45, 7) is 5.50. The monoisotopic (exact) mass is 253 g/mol. The highest BCUT2D eigenvalue weighted by Crippen LogP contribution is 2.24. The number of hydrogen-bond acceptors (Lipinski definition) is 3. The van der Waals surface area contributed by atoms with Crippen LogP contribution in [-0.4, -0.2) is 30.0 Å². The van der Waals surface area contributed by atoms with E-state index in [1.54, 1.807) is 6.07 Å².